The number of carbonyl (C=O) groups excluding carboxylic acids is 5. The van der Waals surface area contributed by atoms with Crippen LogP contribution < -0.4 is 21.7 Å². The fraction of sp³-hybridized carbons (Fsp3) is 0.324. The van der Waals surface area contributed by atoms with Gasteiger partial charge >= 0.3 is 0 Å². The van der Waals surface area contributed by atoms with Crippen LogP contribution in [0, 0.1) is 0 Å². The van der Waals surface area contributed by atoms with Gasteiger partial charge in [-0.3, -0.25) is 24.0 Å². The summed E-state index contributed by atoms with van der Waals surface area (Å²) < 4.78 is 0. The Morgan fingerprint density at radius 1 is 0.756 bits per heavy atom. The van der Waals surface area contributed by atoms with Gasteiger partial charge in [0.1, 0.15) is 29.9 Å². The molecule has 0 radical (unpaired) electrons. The van der Waals surface area contributed by atoms with Crippen molar-refractivity contribution in [3.63, 3.8) is 0 Å². The number of benzene rings is 3. The Morgan fingerprint density at radius 2 is 1.29 bits per heavy atom. The van der Waals surface area contributed by atoms with Crippen molar-refractivity contribution in [2.24, 2.45) is 5.73 Å². The van der Waals surface area contributed by atoms with Crippen LogP contribution in [0.1, 0.15) is 36.5 Å². The Morgan fingerprint density at radius 3 is 1.84 bits per heavy atom. The number of nitrogens with two attached hydrogens (primary N) is 1. The molecule has 1 saturated heterocycles. The molecule has 1 fully saturated rings. The van der Waals surface area contributed by atoms with Gasteiger partial charge in [0.25, 0.3) is 0 Å². The Hall–Kier alpha value is -5.19. The molecule has 5 amide bonds. The van der Waals surface area contributed by atoms with Gasteiger partial charge in [-0.05, 0) is 41.7 Å². The summed E-state index contributed by atoms with van der Waals surface area (Å²) in [5.41, 5.74) is 7.96. The van der Waals surface area contributed by atoms with E-state index in [9.17, 15) is 29.1 Å². The zero-order chi connectivity index (χ0) is 32.3. The van der Waals surface area contributed by atoms with E-state index in [1.807, 2.05) is 60.7 Å². The number of carbonyl (C=O) groups is 5. The summed E-state index contributed by atoms with van der Waals surface area (Å²) >= 11 is 0. The van der Waals surface area contributed by atoms with E-state index in [1.54, 1.807) is 12.1 Å². The van der Waals surface area contributed by atoms with Gasteiger partial charge in [0.05, 0.1) is 0 Å². The monoisotopic (exact) mass is 613 g/mol. The molecule has 0 aliphatic carbocycles. The maximum Gasteiger partial charge on any atom is 0.246 e. The van der Waals surface area contributed by atoms with Crippen LogP contribution >= 0.6 is 0 Å². The van der Waals surface area contributed by atoms with Gasteiger partial charge in [0, 0.05) is 32.7 Å². The number of likely N-dealkylation sites (tertiary alicyclic amines) is 1. The van der Waals surface area contributed by atoms with Crippen molar-refractivity contribution >= 4 is 29.5 Å². The minimum Gasteiger partial charge on any atom is -0.508 e. The van der Waals surface area contributed by atoms with Gasteiger partial charge in [-0.1, -0.05) is 72.8 Å². The van der Waals surface area contributed by atoms with Gasteiger partial charge in [0.15, 0.2) is 0 Å². The van der Waals surface area contributed by atoms with Crippen molar-refractivity contribution < 1.29 is 29.1 Å². The topological polar surface area (TPSA) is 171 Å². The highest BCUT2D eigenvalue weighted by atomic mass is 16.3. The van der Waals surface area contributed by atoms with Crippen LogP contribution in [0.4, 0.5) is 0 Å². The molecule has 3 aromatic carbocycles. The molecule has 0 bridgehead atoms. The van der Waals surface area contributed by atoms with Crippen LogP contribution in [-0.2, 0) is 43.2 Å². The highest BCUT2D eigenvalue weighted by molar-refractivity contribution is 5.95. The molecule has 0 saturated carbocycles. The summed E-state index contributed by atoms with van der Waals surface area (Å²) in [6.07, 6.45) is 1.43. The summed E-state index contributed by atoms with van der Waals surface area (Å²) in [6, 6.07) is 20.7. The smallest absolute Gasteiger partial charge is 0.246 e. The van der Waals surface area contributed by atoms with E-state index in [-0.39, 0.29) is 25.0 Å². The number of hydrogen-bond acceptors (Lipinski definition) is 6. The molecule has 6 N–H and O–H groups in total. The maximum atomic E-state index is 13.7. The fourth-order valence-electron chi connectivity index (χ4n) is 5.49. The summed E-state index contributed by atoms with van der Waals surface area (Å²) in [6.45, 7) is 1.62. The first-order valence-corrected chi connectivity index (χ1v) is 14.9. The van der Waals surface area contributed by atoms with Gasteiger partial charge in [0.2, 0.25) is 29.5 Å². The van der Waals surface area contributed by atoms with E-state index in [1.165, 1.54) is 24.0 Å². The molecule has 3 aromatic rings. The average molecular weight is 614 g/mol. The second kappa shape index (κ2) is 15.5. The van der Waals surface area contributed by atoms with Crippen LogP contribution in [0.2, 0.25) is 0 Å². The van der Waals surface area contributed by atoms with Crippen LogP contribution in [0.3, 0.4) is 0 Å². The Kier molecular flexibility index (Phi) is 11.3. The first-order valence-electron chi connectivity index (χ1n) is 14.9. The van der Waals surface area contributed by atoms with Crippen molar-refractivity contribution in [3.8, 4) is 5.75 Å². The third-order valence-corrected chi connectivity index (χ3v) is 7.75. The number of primary amides is 1. The lowest BCUT2D eigenvalue weighted by atomic mass is 10.0. The lowest BCUT2D eigenvalue weighted by Crippen LogP contribution is -2.58. The minimum atomic E-state index is -1.06. The second-order valence-corrected chi connectivity index (χ2v) is 11.2. The summed E-state index contributed by atoms with van der Waals surface area (Å²) in [4.78, 5) is 66.8. The summed E-state index contributed by atoms with van der Waals surface area (Å²) in [7, 11) is 0. The molecule has 4 atom stereocenters. The molecule has 0 unspecified atom stereocenters. The van der Waals surface area contributed by atoms with E-state index in [0.717, 1.165) is 16.7 Å². The third-order valence-electron chi connectivity index (χ3n) is 7.75. The normalized spacial score (nSPS) is 16.2. The van der Waals surface area contributed by atoms with Gasteiger partial charge in [-0.15, -0.1) is 0 Å². The van der Waals surface area contributed by atoms with Crippen LogP contribution in [0.5, 0.6) is 5.75 Å². The molecule has 1 aliphatic rings. The predicted octanol–water partition coefficient (Wildman–Crippen LogP) is 1.37. The SMILES string of the molecule is CC(=O)N[C@@H](Cc1ccc(O)cc1)C(=O)N1CCC[C@H]1C(=O)N[C@@H](Cc1ccccc1)C(=O)N[C@@H](Cc1ccccc1)C(N)=O. The van der Waals surface area contributed by atoms with E-state index < -0.39 is 53.7 Å². The lowest BCUT2D eigenvalue weighted by molar-refractivity contribution is -0.142. The first-order chi connectivity index (χ1) is 21.6. The average Bonchev–Trinajstić information content (AvgIpc) is 3.52. The zero-order valence-corrected chi connectivity index (χ0v) is 25.1. The molecule has 11 nitrogen and oxygen atoms in total. The Balaban J connectivity index is 1.51. The first kappa shape index (κ1) is 32.7. The number of nitrogens with one attached hydrogen (secondary N) is 3. The lowest BCUT2D eigenvalue weighted by Gasteiger charge is -2.30. The summed E-state index contributed by atoms with van der Waals surface area (Å²) in [5.74, 6) is -2.54. The van der Waals surface area contributed by atoms with E-state index in [4.69, 9.17) is 5.73 Å². The number of phenols is 1. The standard InChI is InChI=1S/C34H39N5O6/c1-22(40)36-29(21-25-14-16-26(41)17-15-25)34(45)39-18-8-13-30(39)33(44)38-28(20-24-11-6-3-7-12-24)32(43)37-27(31(35)42)19-23-9-4-2-5-10-23/h2-7,9-12,14-17,27-30,41H,8,13,18-21H2,1H3,(H2,35,42)(H,36,40)(H,37,43)(H,38,44)/t27-,28-,29-,30-/m0/s1. The number of amides is 5. The molecule has 0 aromatic heterocycles. The van der Waals surface area contributed by atoms with Crippen LogP contribution in [-0.4, -0.2) is 70.3 Å². The Bertz CT molecular complexity index is 1480. The van der Waals surface area contributed by atoms with Crippen LogP contribution in [0.25, 0.3) is 0 Å². The van der Waals surface area contributed by atoms with Crippen molar-refractivity contribution in [1.29, 1.82) is 0 Å². The predicted molar refractivity (Wildman–Crippen MR) is 167 cm³/mol. The van der Waals surface area contributed by atoms with Gasteiger partial charge in [-0.25, -0.2) is 0 Å². The molecule has 1 heterocycles. The fourth-order valence-corrected chi connectivity index (χ4v) is 5.49. The van der Waals surface area contributed by atoms with Crippen molar-refractivity contribution in [2.45, 2.75) is 63.2 Å². The van der Waals surface area contributed by atoms with Crippen molar-refractivity contribution in [2.75, 3.05) is 6.54 Å². The van der Waals surface area contributed by atoms with Gasteiger partial charge in [-0.2, -0.15) is 0 Å². The number of aromatic hydroxyl groups is 1. The molecular formula is C34H39N5O6. The number of hydrogen-bond donors (Lipinski definition) is 5. The van der Waals surface area contributed by atoms with E-state index in [0.29, 0.717) is 19.4 Å². The maximum absolute atomic E-state index is 13.7. The van der Waals surface area contributed by atoms with E-state index >= 15 is 0 Å². The number of phenolic OH excluding ortho intramolecular Hbond substituents is 1. The molecule has 4 rings (SSSR count). The minimum absolute atomic E-state index is 0.0775. The highest BCUT2D eigenvalue weighted by Crippen LogP contribution is 2.21. The largest absolute Gasteiger partial charge is 0.508 e. The second-order valence-electron chi connectivity index (χ2n) is 11.2. The van der Waals surface area contributed by atoms with Crippen molar-refractivity contribution in [3.05, 3.63) is 102 Å². The number of nitrogens with zero attached hydrogens (tertiary/aromatic N) is 1. The zero-order valence-electron chi connectivity index (χ0n) is 25.1. The molecule has 1 aliphatic heterocycles. The molecule has 0 spiro atoms. The summed E-state index contributed by atoms with van der Waals surface area (Å²) in [5, 5.41) is 17.8. The van der Waals surface area contributed by atoms with Crippen LogP contribution in [0.15, 0.2) is 84.9 Å². The molecular weight excluding hydrogens is 574 g/mol. The molecule has 45 heavy (non-hydrogen) atoms. The Labute approximate surface area is 262 Å². The molecule has 236 valence electrons. The third kappa shape index (κ3) is 9.40. The van der Waals surface area contributed by atoms with Crippen molar-refractivity contribution in [1.82, 2.24) is 20.9 Å². The molecule has 11 heteroatoms. The van der Waals surface area contributed by atoms with E-state index in [2.05, 4.69) is 16.0 Å². The van der Waals surface area contributed by atoms with Gasteiger partial charge < -0.3 is 31.7 Å². The quantitative estimate of drug-likeness (QED) is 0.195. The highest BCUT2D eigenvalue weighted by Gasteiger charge is 2.39. The number of rotatable bonds is 13.